The number of fused-ring (bicyclic) bond motifs is 3. The quantitative estimate of drug-likeness (QED) is 0.700. The van der Waals surface area contributed by atoms with E-state index in [0.717, 1.165) is 5.69 Å². The van der Waals surface area contributed by atoms with Crippen LogP contribution in [0.15, 0.2) is 6.07 Å². The van der Waals surface area contributed by atoms with Crippen LogP contribution in [0.2, 0.25) is 5.15 Å². The number of nitrogens with zero attached hydrogens (tertiary/aromatic N) is 3. The minimum Gasteiger partial charge on any atom is -0.444 e. The van der Waals surface area contributed by atoms with Gasteiger partial charge in [-0.05, 0) is 41.5 Å². The van der Waals surface area contributed by atoms with Crippen LogP contribution < -0.4 is 9.80 Å². The van der Waals surface area contributed by atoms with E-state index >= 15 is 0 Å². The summed E-state index contributed by atoms with van der Waals surface area (Å²) in [6.07, 6.45) is -0.782. The Morgan fingerprint density at radius 2 is 1.64 bits per heavy atom. The second-order valence-corrected chi connectivity index (χ2v) is 9.62. The summed E-state index contributed by atoms with van der Waals surface area (Å²) < 4.78 is 11.1. The minimum absolute atomic E-state index is 0.0758. The van der Waals surface area contributed by atoms with E-state index in [1.807, 2.05) is 47.6 Å². The standard InChI is InChI=1S/C19H29ClN4O4/c1-18(2,3)27-16(25)22-7-8-23-12(10-22)11-24(17(26)28-19(4,5)6)15-13(23)9-14(20)21-15/h9,12,21H,7-8,10-11H2,1-6H3. The fraction of sp³-hybridized carbons (Fsp3) is 0.684. The van der Waals surface area contributed by atoms with E-state index in [1.165, 1.54) is 0 Å². The molecule has 0 bridgehead atoms. The third kappa shape index (κ3) is 4.48. The van der Waals surface area contributed by atoms with Crippen molar-refractivity contribution in [3.63, 3.8) is 0 Å². The highest BCUT2D eigenvalue weighted by atomic mass is 35.5. The zero-order chi connectivity index (χ0) is 20.9. The van der Waals surface area contributed by atoms with Crippen LogP contribution in [-0.2, 0) is 9.47 Å². The van der Waals surface area contributed by atoms with Crippen molar-refractivity contribution in [3.05, 3.63) is 11.2 Å². The van der Waals surface area contributed by atoms with E-state index in [1.54, 1.807) is 9.80 Å². The molecule has 1 aromatic rings. The Balaban J connectivity index is 1.82. The fourth-order valence-electron chi connectivity index (χ4n) is 3.43. The second-order valence-electron chi connectivity index (χ2n) is 9.22. The Labute approximate surface area is 170 Å². The molecule has 0 aliphatic carbocycles. The lowest BCUT2D eigenvalue weighted by atomic mass is 10.1. The number of hydrogen-bond acceptors (Lipinski definition) is 5. The van der Waals surface area contributed by atoms with Crippen LogP contribution in [-0.4, -0.2) is 65.5 Å². The molecule has 1 aromatic heterocycles. The summed E-state index contributed by atoms with van der Waals surface area (Å²) in [6, 6.07) is 1.73. The number of hydrogen-bond donors (Lipinski definition) is 1. The molecule has 28 heavy (non-hydrogen) atoms. The number of ether oxygens (including phenoxy) is 2. The highest BCUT2D eigenvalue weighted by Crippen LogP contribution is 2.39. The summed E-state index contributed by atoms with van der Waals surface area (Å²) in [5, 5.41) is 0.453. The van der Waals surface area contributed by atoms with Crippen molar-refractivity contribution in [2.45, 2.75) is 58.8 Å². The normalized spacial score (nSPS) is 19.8. The maximum Gasteiger partial charge on any atom is 0.416 e. The molecule has 2 amide bonds. The Morgan fingerprint density at radius 3 is 2.25 bits per heavy atom. The first-order valence-corrected chi connectivity index (χ1v) is 9.85. The van der Waals surface area contributed by atoms with Gasteiger partial charge in [0.05, 0.1) is 18.3 Å². The number of aromatic nitrogens is 1. The first-order valence-electron chi connectivity index (χ1n) is 9.48. The molecule has 0 radical (unpaired) electrons. The summed E-state index contributed by atoms with van der Waals surface area (Å²) in [5.74, 6) is 0.626. The Hall–Kier alpha value is -2.09. The zero-order valence-electron chi connectivity index (χ0n) is 17.3. The second kappa shape index (κ2) is 7.06. The van der Waals surface area contributed by atoms with Crippen LogP contribution in [0.1, 0.15) is 41.5 Å². The van der Waals surface area contributed by atoms with Gasteiger partial charge in [-0.25, -0.2) is 9.59 Å². The molecule has 3 rings (SSSR count). The first-order chi connectivity index (χ1) is 12.8. The predicted molar refractivity (Wildman–Crippen MR) is 108 cm³/mol. The highest BCUT2D eigenvalue weighted by molar-refractivity contribution is 6.30. The van der Waals surface area contributed by atoms with Gasteiger partial charge in [-0.1, -0.05) is 11.6 Å². The lowest BCUT2D eigenvalue weighted by molar-refractivity contribution is 0.0214. The molecular weight excluding hydrogens is 384 g/mol. The van der Waals surface area contributed by atoms with Crippen molar-refractivity contribution < 1.29 is 19.1 Å². The fourth-order valence-corrected chi connectivity index (χ4v) is 3.63. The number of H-pyrrole nitrogens is 1. The van der Waals surface area contributed by atoms with Crippen molar-refractivity contribution in [2.75, 3.05) is 36.0 Å². The first kappa shape index (κ1) is 20.6. The van der Waals surface area contributed by atoms with Gasteiger partial charge in [-0.15, -0.1) is 0 Å². The summed E-state index contributed by atoms with van der Waals surface area (Å²) in [7, 11) is 0. The molecule has 156 valence electrons. The third-order valence-corrected chi connectivity index (χ3v) is 4.67. The van der Waals surface area contributed by atoms with Crippen molar-refractivity contribution in [1.82, 2.24) is 9.88 Å². The molecule has 3 heterocycles. The number of amides is 2. The SMILES string of the molecule is CC(C)(C)OC(=O)N1CCN2c3cc(Cl)[nH]c3N(C(=O)OC(C)(C)C)CC2C1. The number of halogens is 1. The Morgan fingerprint density at radius 1 is 1.04 bits per heavy atom. The molecule has 0 saturated carbocycles. The van der Waals surface area contributed by atoms with E-state index in [-0.39, 0.29) is 12.1 Å². The number of nitrogens with one attached hydrogen (secondary N) is 1. The summed E-state index contributed by atoms with van der Waals surface area (Å²) in [4.78, 5) is 33.8. The van der Waals surface area contributed by atoms with Gasteiger partial charge in [0.15, 0.2) is 0 Å². The molecule has 1 fully saturated rings. The minimum atomic E-state index is -0.611. The molecule has 2 aliphatic heterocycles. The van der Waals surface area contributed by atoms with Gasteiger partial charge in [0.2, 0.25) is 0 Å². The molecule has 9 heteroatoms. The Bertz CT molecular complexity index is 765. The van der Waals surface area contributed by atoms with Crippen molar-refractivity contribution in [2.24, 2.45) is 0 Å². The lowest BCUT2D eigenvalue weighted by Gasteiger charge is -2.47. The summed E-state index contributed by atoms with van der Waals surface area (Å²) in [6.45, 7) is 13.0. The van der Waals surface area contributed by atoms with Gasteiger partial charge in [-0.3, -0.25) is 4.90 Å². The van der Waals surface area contributed by atoms with Crippen LogP contribution in [0.5, 0.6) is 0 Å². The average Bonchev–Trinajstić information content (AvgIpc) is 2.91. The van der Waals surface area contributed by atoms with E-state index in [4.69, 9.17) is 21.1 Å². The van der Waals surface area contributed by atoms with E-state index in [2.05, 4.69) is 9.88 Å². The largest absolute Gasteiger partial charge is 0.444 e. The molecule has 1 unspecified atom stereocenters. The van der Waals surface area contributed by atoms with E-state index < -0.39 is 17.3 Å². The molecule has 2 aliphatic rings. The zero-order valence-corrected chi connectivity index (χ0v) is 18.1. The van der Waals surface area contributed by atoms with Crippen molar-refractivity contribution in [1.29, 1.82) is 0 Å². The smallest absolute Gasteiger partial charge is 0.416 e. The number of rotatable bonds is 0. The highest BCUT2D eigenvalue weighted by Gasteiger charge is 2.41. The number of aromatic amines is 1. The molecular formula is C19H29ClN4O4. The number of piperazine rings is 1. The van der Waals surface area contributed by atoms with Gasteiger partial charge < -0.3 is 24.3 Å². The molecule has 1 N–H and O–H groups in total. The molecule has 0 spiro atoms. The monoisotopic (exact) mass is 412 g/mol. The van der Waals surface area contributed by atoms with Gasteiger partial charge >= 0.3 is 12.2 Å². The van der Waals surface area contributed by atoms with E-state index in [0.29, 0.717) is 37.1 Å². The summed E-state index contributed by atoms with van der Waals surface area (Å²) in [5.41, 5.74) is -0.319. The van der Waals surface area contributed by atoms with Gasteiger partial charge in [0.25, 0.3) is 0 Å². The van der Waals surface area contributed by atoms with Gasteiger partial charge in [0.1, 0.15) is 22.2 Å². The molecule has 0 aromatic carbocycles. The molecule has 8 nitrogen and oxygen atoms in total. The maximum atomic E-state index is 12.8. The van der Waals surface area contributed by atoms with Gasteiger partial charge in [0, 0.05) is 25.7 Å². The van der Waals surface area contributed by atoms with Crippen LogP contribution in [0.4, 0.5) is 21.1 Å². The summed E-state index contributed by atoms with van der Waals surface area (Å²) >= 11 is 6.19. The predicted octanol–water partition coefficient (Wildman–Crippen LogP) is 3.85. The number of carbonyl (C=O) groups is 2. The van der Waals surface area contributed by atoms with Gasteiger partial charge in [-0.2, -0.15) is 0 Å². The van der Waals surface area contributed by atoms with Crippen LogP contribution in [0.3, 0.4) is 0 Å². The third-order valence-electron chi connectivity index (χ3n) is 4.46. The molecule has 1 atom stereocenters. The van der Waals surface area contributed by atoms with E-state index in [9.17, 15) is 9.59 Å². The van der Waals surface area contributed by atoms with Crippen LogP contribution >= 0.6 is 11.6 Å². The van der Waals surface area contributed by atoms with Crippen LogP contribution in [0, 0.1) is 0 Å². The lowest BCUT2D eigenvalue weighted by Crippen LogP contribution is -2.62. The number of anilines is 2. The average molecular weight is 413 g/mol. The van der Waals surface area contributed by atoms with Crippen LogP contribution in [0.25, 0.3) is 0 Å². The van der Waals surface area contributed by atoms with Crippen molar-refractivity contribution >= 4 is 35.3 Å². The maximum absolute atomic E-state index is 12.8. The van der Waals surface area contributed by atoms with Crippen molar-refractivity contribution in [3.8, 4) is 0 Å². The molecule has 1 saturated heterocycles. The Kier molecular flexibility index (Phi) is 5.20. The number of carbonyl (C=O) groups excluding carboxylic acids is 2. The topological polar surface area (TPSA) is 78.1 Å².